The molecule has 0 saturated carbocycles. The third kappa shape index (κ3) is 4.66. The van der Waals surface area contributed by atoms with Crippen LogP contribution in [0.25, 0.3) is 0 Å². The molecule has 0 aliphatic carbocycles. The second-order valence-electron chi connectivity index (χ2n) is 5.07. The minimum Gasteiger partial charge on any atom is -0.311 e. The number of halogens is 3. The first-order chi connectivity index (χ1) is 11.7. The van der Waals surface area contributed by atoms with Gasteiger partial charge in [-0.3, -0.25) is 14.6 Å². The van der Waals surface area contributed by atoms with Gasteiger partial charge in [-0.2, -0.15) is 18.3 Å². The van der Waals surface area contributed by atoms with Crippen molar-refractivity contribution >= 4 is 12.1 Å². The molecule has 0 fully saturated rings. The van der Waals surface area contributed by atoms with E-state index in [2.05, 4.69) is 10.1 Å². The zero-order chi connectivity index (χ0) is 18.6. The van der Waals surface area contributed by atoms with Crippen molar-refractivity contribution in [3.05, 3.63) is 67.5 Å². The van der Waals surface area contributed by atoms with Crippen LogP contribution in [0.1, 0.15) is 22.4 Å². The smallest absolute Gasteiger partial charge is 0.311 e. The maximum absolute atomic E-state index is 12.8. The molecule has 0 bridgehead atoms. The zero-order valence-corrected chi connectivity index (χ0v) is 12.9. The number of benzene rings is 1. The molecular formula is C15H13F3N4O3. The lowest BCUT2D eigenvalue weighted by atomic mass is 10.1. The summed E-state index contributed by atoms with van der Waals surface area (Å²) in [6, 6.07) is 4.74. The Kier molecular flexibility index (Phi) is 5.20. The Labute approximate surface area is 138 Å². The van der Waals surface area contributed by atoms with Gasteiger partial charge in [0.2, 0.25) is 5.91 Å². The molecule has 25 heavy (non-hydrogen) atoms. The molecule has 1 heterocycles. The van der Waals surface area contributed by atoms with Crippen molar-refractivity contribution in [3.8, 4) is 0 Å². The number of hydrazone groups is 1. The van der Waals surface area contributed by atoms with Crippen LogP contribution in [-0.2, 0) is 17.4 Å². The van der Waals surface area contributed by atoms with Crippen LogP contribution < -0.4 is 16.7 Å². The van der Waals surface area contributed by atoms with Crippen LogP contribution in [0.5, 0.6) is 0 Å². The number of carbonyl (C=O) groups excluding carboxylic acids is 1. The van der Waals surface area contributed by atoms with Crippen molar-refractivity contribution < 1.29 is 18.0 Å². The first-order valence-electron chi connectivity index (χ1n) is 6.98. The molecule has 0 aliphatic heterocycles. The Bertz CT molecular complexity index is 929. The molecule has 7 nitrogen and oxygen atoms in total. The predicted octanol–water partition coefficient (Wildman–Crippen LogP) is 1.08. The molecule has 1 aromatic carbocycles. The predicted molar refractivity (Wildman–Crippen MR) is 83.3 cm³/mol. The SMILES string of the molecule is Cc1[nH]c(=O)[nH]c(=O)c1CC(=O)N/N=C\c1ccccc1C(F)(F)F. The van der Waals surface area contributed by atoms with Gasteiger partial charge in [-0.1, -0.05) is 18.2 Å². The van der Waals surface area contributed by atoms with Crippen molar-refractivity contribution in [1.29, 1.82) is 0 Å². The molecule has 0 atom stereocenters. The standard InChI is InChI=1S/C15H13F3N4O3/c1-8-10(13(24)21-14(25)20-8)6-12(23)22-19-7-9-4-2-3-5-11(9)15(16,17)18/h2-5,7H,6H2,1H3,(H,22,23)(H2,20,21,24,25)/b19-7-. The van der Waals surface area contributed by atoms with E-state index in [0.29, 0.717) is 0 Å². The summed E-state index contributed by atoms with van der Waals surface area (Å²) in [5, 5.41) is 3.48. The molecule has 132 valence electrons. The number of carbonyl (C=O) groups is 1. The van der Waals surface area contributed by atoms with Crippen LogP contribution >= 0.6 is 0 Å². The van der Waals surface area contributed by atoms with Crippen LogP contribution in [0.2, 0.25) is 0 Å². The van der Waals surface area contributed by atoms with E-state index >= 15 is 0 Å². The number of aryl methyl sites for hydroxylation is 1. The van der Waals surface area contributed by atoms with Crippen LogP contribution in [0.3, 0.4) is 0 Å². The number of hydrogen-bond acceptors (Lipinski definition) is 4. The Balaban J connectivity index is 2.10. The molecule has 10 heteroatoms. The third-order valence-corrected chi connectivity index (χ3v) is 3.25. The minimum atomic E-state index is -4.55. The van der Waals surface area contributed by atoms with Crippen molar-refractivity contribution in [1.82, 2.24) is 15.4 Å². The van der Waals surface area contributed by atoms with E-state index < -0.39 is 35.3 Å². The summed E-state index contributed by atoms with van der Waals surface area (Å²) in [5.74, 6) is -0.721. The Morgan fingerprint density at radius 3 is 2.56 bits per heavy atom. The van der Waals surface area contributed by atoms with E-state index in [9.17, 15) is 27.6 Å². The van der Waals surface area contributed by atoms with Gasteiger partial charge in [-0.25, -0.2) is 10.2 Å². The molecular weight excluding hydrogens is 341 g/mol. The molecule has 3 N–H and O–H groups in total. The summed E-state index contributed by atoms with van der Waals surface area (Å²) < 4.78 is 38.5. The number of aromatic amines is 2. The van der Waals surface area contributed by atoms with E-state index in [1.54, 1.807) is 0 Å². The lowest BCUT2D eigenvalue weighted by molar-refractivity contribution is -0.137. The molecule has 0 saturated heterocycles. The molecule has 2 rings (SSSR count). The topological polar surface area (TPSA) is 107 Å². The highest BCUT2D eigenvalue weighted by atomic mass is 19.4. The van der Waals surface area contributed by atoms with Gasteiger partial charge in [0, 0.05) is 16.8 Å². The maximum Gasteiger partial charge on any atom is 0.417 e. The van der Waals surface area contributed by atoms with Gasteiger partial charge in [0.1, 0.15) is 0 Å². The lowest BCUT2D eigenvalue weighted by Crippen LogP contribution is -2.30. The maximum atomic E-state index is 12.8. The van der Waals surface area contributed by atoms with Crippen molar-refractivity contribution in [2.24, 2.45) is 5.10 Å². The van der Waals surface area contributed by atoms with E-state index in [1.165, 1.54) is 25.1 Å². The van der Waals surface area contributed by atoms with Gasteiger partial charge in [0.05, 0.1) is 18.2 Å². The Morgan fingerprint density at radius 2 is 1.92 bits per heavy atom. The molecule has 1 aromatic heterocycles. The lowest BCUT2D eigenvalue weighted by Gasteiger charge is -2.09. The van der Waals surface area contributed by atoms with E-state index in [1.807, 2.05) is 10.4 Å². The molecule has 0 spiro atoms. The fraction of sp³-hybridized carbons (Fsp3) is 0.200. The molecule has 0 radical (unpaired) electrons. The van der Waals surface area contributed by atoms with Gasteiger partial charge in [-0.15, -0.1) is 0 Å². The number of nitrogens with one attached hydrogen (secondary N) is 3. The normalized spacial score (nSPS) is 11.7. The fourth-order valence-corrected chi connectivity index (χ4v) is 2.08. The highest BCUT2D eigenvalue weighted by molar-refractivity contribution is 5.84. The monoisotopic (exact) mass is 354 g/mol. The Morgan fingerprint density at radius 1 is 1.24 bits per heavy atom. The summed E-state index contributed by atoms with van der Waals surface area (Å²) in [6.07, 6.45) is -4.08. The average molecular weight is 354 g/mol. The Hall–Kier alpha value is -3.17. The van der Waals surface area contributed by atoms with Gasteiger partial charge >= 0.3 is 11.9 Å². The number of hydrogen-bond donors (Lipinski definition) is 3. The second kappa shape index (κ2) is 7.16. The number of H-pyrrole nitrogens is 2. The van der Waals surface area contributed by atoms with Gasteiger partial charge in [0.25, 0.3) is 5.56 Å². The van der Waals surface area contributed by atoms with Gasteiger partial charge in [0.15, 0.2) is 0 Å². The first-order valence-corrected chi connectivity index (χ1v) is 6.98. The van der Waals surface area contributed by atoms with Crippen LogP contribution in [0.4, 0.5) is 13.2 Å². The van der Waals surface area contributed by atoms with E-state index in [-0.39, 0.29) is 16.8 Å². The second-order valence-corrected chi connectivity index (χ2v) is 5.07. The summed E-state index contributed by atoms with van der Waals surface area (Å²) in [6.45, 7) is 1.45. The third-order valence-electron chi connectivity index (χ3n) is 3.25. The number of amides is 1. The van der Waals surface area contributed by atoms with Crippen molar-refractivity contribution in [2.45, 2.75) is 19.5 Å². The molecule has 0 unspecified atom stereocenters. The van der Waals surface area contributed by atoms with Crippen molar-refractivity contribution in [2.75, 3.05) is 0 Å². The molecule has 1 amide bonds. The van der Waals surface area contributed by atoms with Crippen molar-refractivity contribution in [3.63, 3.8) is 0 Å². The summed E-state index contributed by atoms with van der Waals surface area (Å²) >= 11 is 0. The highest BCUT2D eigenvalue weighted by Crippen LogP contribution is 2.30. The van der Waals surface area contributed by atoms with Crippen LogP contribution in [-0.4, -0.2) is 22.1 Å². The summed E-state index contributed by atoms with van der Waals surface area (Å²) in [4.78, 5) is 38.8. The fourth-order valence-electron chi connectivity index (χ4n) is 2.08. The van der Waals surface area contributed by atoms with E-state index in [0.717, 1.165) is 12.3 Å². The highest BCUT2D eigenvalue weighted by Gasteiger charge is 2.32. The average Bonchev–Trinajstić information content (AvgIpc) is 2.50. The van der Waals surface area contributed by atoms with Crippen LogP contribution in [0, 0.1) is 6.92 Å². The van der Waals surface area contributed by atoms with Crippen LogP contribution in [0.15, 0.2) is 39.0 Å². The summed E-state index contributed by atoms with van der Waals surface area (Å²) in [5.41, 5.74) is -0.229. The van der Waals surface area contributed by atoms with Gasteiger partial charge < -0.3 is 4.98 Å². The summed E-state index contributed by atoms with van der Waals surface area (Å²) in [7, 11) is 0. The number of alkyl halides is 3. The van der Waals surface area contributed by atoms with E-state index in [4.69, 9.17) is 0 Å². The van der Waals surface area contributed by atoms with Gasteiger partial charge in [-0.05, 0) is 13.0 Å². The minimum absolute atomic E-state index is 0.0305. The number of aromatic nitrogens is 2. The quantitative estimate of drug-likeness (QED) is 0.565. The molecule has 2 aromatic rings. The molecule has 0 aliphatic rings. The number of rotatable bonds is 4. The first kappa shape index (κ1) is 18.2. The zero-order valence-electron chi connectivity index (χ0n) is 12.9. The largest absolute Gasteiger partial charge is 0.417 e. The number of nitrogens with zero attached hydrogens (tertiary/aromatic N) is 1.